The molecule has 1 N–H and O–H groups in total. The number of hydrogen-bond acceptors (Lipinski definition) is 2. The van der Waals surface area contributed by atoms with Crippen molar-refractivity contribution >= 4 is 11.8 Å². The van der Waals surface area contributed by atoms with Gasteiger partial charge in [0.15, 0.2) is 0 Å². The van der Waals surface area contributed by atoms with Crippen molar-refractivity contribution in [2.75, 3.05) is 6.54 Å². The number of amides is 2. The number of fused-ring (bicyclic) bond motifs is 1. The maximum atomic E-state index is 12.9. The summed E-state index contributed by atoms with van der Waals surface area (Å²) in [5, 5.41) is 3.19. The fraction of sp³-hybridized carbons (Fsp3) is 0.391. The maximum absolute atomic E-state index is 12.9. The molecular formula is C23H28N2O2. The second kappa shape index (κ2) is 8.38. The minimum atomic E-state index is -0.198. The lowest BCUT2D eigenvalue weighted by Crippen LogP contribution is -2.42. The predicted octanol–water partition coefficient (Wildman–Crippen LogP) is 4.04. The number of carbonyl (C=O) groups is 2. The smallest absolute Gasteiger partial charge is 0.222 e. The van der Waals surface area contributed by atoms with Crippen LogP contribution in [0.15, 0.2) is 54.6 Å². The van der Waals surface area contributed by atoms with E-state index in [0.29, 0.717) is 6.54 Å². The van der Waals surface area contributed by atoms with Crippen LogP contribution < -0.4 is 5.32 Å². The third-order valence-corrected chi connectivity index (χ3v) is 5.34. The highest BCUT2D eigenvalue weighted by atomic mass is 16.2. The zero-order valence-electron chi connectivity index (χ0n) is 16.3. The highest BCUT2D eigenvalue weighted by Crippen LogP contribution is 2.32. The summed E-state index contributed by atoms with van der Waals surface area (Å²) < 4.78 is 0. The summed E-state index contributed by atoms with van der Waals surface area (Å²) in [6.45, 7) is 6.46. The molecule has 1 heterocycles. The Balaban J connectivity index is 1.80. The van der Waals surface area contributed by atoms with Crippen molar-refractivity contribution in [1.82, 2.24) is 10.2 Å². The molecule has 4 heteroatoms. The van der Waals surface area contributed by atoms with E-state index < -0.39 is 0 Å². The molecule has 0 aromatic heterocycles. The highest BCUT2D eigenvalue weighted by molar-refractivity contribution is 5.80. The van der Waals surface area contributed by atoms with Crippen molar-refractivity contribution in [2.45, 2.75) is 45.7 Å². The van der Waals surface area contributed by atoms with Gasteiger partial charge in [-0.25, -0.2) is 0 Å². The quantitative estimate of drug-likeness (QED) is 0.871. The molecule has 0 radical (unpaired) electrons. The lowest BCUT2D eigenvalue weighted by atomic mass is 9.90. The zero-order chi connectivity index (χ0) is 19.4. The van der Waals surface area contributed by atoms with Gasteiger partial charge in [-0.05, 0) is 29.0 Å². The molecule has 27 heavy (non-hydrogen) atoms. The molecule has 0 saturated carbocycles. The van der Waals surface area contributed by atoms with E-state index in [1.807, 2.05) is 53.4 Å². The van der Waals surface area contributed by atoms with E-state index in [1.165, 1.54) is 5.56 Å². The van der Waals surface area contributed by atoms with Crippen LogP contribution in [-0.4, -0.2) is 23.3 Å². The molecular weight excluding hydrogens is 336 g/mol. The molecule has 1 aliphatic heterocycles. The van der Waals surface area contributed by atoms with Crippen molar-refractivity contribution in [2.24, 2.45) is 5.92 Å². The van der Waals surface area contributed by atoms with Gasteiger partial charge in [-0.1, -0.05) is 68.4 Å². The molecule has 0 fully saturated rings. The van der Waals surface area contributed by atoms with Crippen molar-refractivity contribution in [3.05, 3.63) is 71.3 Å². The summed E-state index contributed by atoms with van der Waals surface area (Å²) in [4.78, 5) is 26.9. The molecule has 1 aliphatic rings. The summed E-state index contributed by atoms with van der Waals surface area (Å²) in [6, 6.07) is 17.9. The summed E-state index contributed by atoms with van der Waals surface area (Å²) in [7, 11) is 0. The van der Waals surface area contributed by atoms with Crippen molar-refractivity contribution in [1.29, 1.82) is 0 Å². The average molecular weight is 364 g/mol. The molecule has 2 atom stereocenters. The highest BCUT2D eigenvalue weighted by Gasteiger charge is 2.31. The number of rotatable bonds is 5. The molecule has 0 bridgehead atoms. The van der Waals surface area contributed by atoms with Gasteiger partial charge in [0.2, 0.25) is 11.8 Å². The van der Waals surface area contributed by atoms with Gasteiger partial charge in [-0.15, -0.1) is 0 Å². The predicted molar refractivity (Wildman–Crippen MR) is 107 cm³/mol. The average Bonchev–Trinajstić information content (AvgIpc) is 2.66. The van der Waals surface area contributed by atoms with E-state index >= 15 is 0 Å². The lowest BCUT2D eigenvalue weighted by Gasteiger charge is -2.37. The number of benzene rings is 2. The first-order valence-corrected chi connectivity index (χ1v) is 9.66. The minimum Gasteiger partial charge on any atom is -0.349 e. The maximum Gasteiger partial charge on any atom is 0.222 e. The van der Waals surface area contributed by atoms with Gasteiger partial charge in [-0.2, -0.15) is 0 Å². The van der Waals surface area contributed by atoms with E-state index in [4.69, 9.17) is 0 Å². The Labute approximate surface area is 161 Å². The summed E-state index contributed by atoms with van der Waals surface area (Å²) in [5.41, 5.74) is 3.43. The van der Waals surface area contributed by atoms with Gasteiger partial charge >= 0.3 is 0 Å². The zero-order valence-corrected chi connectivity index (χ0v) is 16.3. The standard InChI is InChI=1S/C23H28N2O2/c1-16(2)23(19-10-5-4-6-11-19)24-22(27)15-21-20-12-8-7-9-18(20)13-14-25(21)17(3)26/h4-12,16,21,23H,13-15H2,1-3H3,(H,24,27). The van der Waals surface area contributed by atoms with Gasteiger partial charge < -0.3 is 10.2 Å². The Kier molecular flexibility index (Phi) is 5.94. The van der Waals surface area contributed by atoms with Crippen LogP contribution in [0.5, 0.6) is 0 Å². The van der Waals surface area contributed by atoms with Gasteiger partial charge in [0, 0.05) is 13.5 Å². The molecule has 4 nitrogen and oxygen atoms in total. The van der Waals surface area contributed by atoms with Crippen LogP contribution in [0.25, 0.3) is 0 Å². The van der Waals surface area contributed by atoms with Crippen LogP contribution in [0.1, 0.15) is 56.0 Å². The fourth-order valence-electron chi connectivity index (χ4n) is 3.95. The van der Waals surface area contributed by atoms with Gasteiger partial charge in [0.25, 0.3) is 0 Å². The first kappa shape index (κ1) is 19.2. The van der Waals surface area contributed by atoms with Crippen LogP contribution >= 0.6 is 0 Å². The van der Waals surface area contributed by atoms with Crippen LogP contribution in [-0.2, 0) is 16.0 Å². The second-order valence-electron chi connectivity index (χ2n) is 7.58. The molecule has 142 valence electrons. The molecule has 0 saturated heterocycles. The summed E-state index contributed by atoms with van der Waals surface area (Å²) in [5.74, 6) is 0.273. The minimum absolute atomic E-state index is 0.0192. The topological polar surface area (TPSA) is 49.4 Å². The Morgan fingerprint density at radius 2 is 1.74 bits per heavy atom. The third-order valence-electron chi connectivity index (χ3n) is 5.34. The fourth-order valence-corrected chi connectivity index (χ4v) is 3.95. The van der Waals surface area contributed by atoms with Crippen molar-refractivity contribution < 1.29 is 9.59 Å². The first-order valence-electron chi connectivity index (χ1n) is 9.66. The number of nitrogens with one attached hydrogen (secondary N) is 1. The van der Waals surface area contributed by atoms with Crippen LogP contribution in [0.2, 0.25) is 0 Å². The van der Waals surface area contributed by atoms with E-state index in [0.717, 1.165) is 17.5 Å². The normalized spacial score (nSPS) is 17.3. The third kappa shape index (κ3) is 4.38. The van der Waals surface area contributed by atoms with Gasteiger partial charge in [-0.3, -0.25) is 9.59 Å². The molecule has 2 aromatic carbocycles. The van der Waals surface area contributed by atoms with E-state index in [9.17, 15) is 9.59 Å². The van der Waals surface area contributed by atoms with E-state index in [2.05, 4.69) is 25.2 Å². The Morgan fingerprint density at radius 1 is 1.07 bits per heavy atom. The molecule has 2 aromatic rings. The SMILES string of the molecule is CC(=O)N1CCc2ccccc2C1CC(=O)NC(c1ccccc1)C(C)C. The second-order valence-corrected chi connectivity index (χ2v) is 7.58. The summed E-state index contributed by atoms with van der Waals surface area (Å²) >= 11 is 0. The van der Waals surface area contributed by atoms with Crippen molar-refractivity contribution in [3.8, 4) is 0 Å². The molecule has 0 aliphatic carbocycles. The van der Waals surface area contributed by atoms with Crippen LogP contribution in [0.3, 0.4) is 0 Å². The largest absolute Gasteiger partial charge is 0.349 e. The Morgan fingerprint density at radius 3 is 2.41 bits per heavy atom. The van der Waals surface area contributed by atoms with E-state index in [1.54, 1.807) is 6.92 Å². The van der Waals surface area contributed by atoms with Crippen LogP contribution in [0.4, 0.5) is 0 Å². The van der Waals surface area contributed by atoms with Gasteiger partial charge in [0.1, 0.15) is 0 Å². The molecule has 2 unspecified atom stereocenters. The van der Waals surface area contributed by atoms with Crippen LogP contribution in [0, 0.1) is 5.92 Å². The monoisotopic (exact) mass is 364 g/mol. The Bertz CT molecular complexity index is 801. The molecule has 3 rings (SSSR count). The summed E-state index contributed by atoms with van der Waals surface area (Å²) in [6.07, 6.45) is 1.12. The molecule has 2 amide bonds. The number of hydrogen-bond donors (Lipinski definition) is 1. The number of carbonyl (C=O) groups excluding carboxylic acids is 2. The lowest BCUT2D eigenvalue weighted by molar-refractivity contribution is -0.133. The van der Waals surface area contributed by atoms with E-state index in [-0.39, 0.29) is 36.2 Å². The molecule has 0 spiro atoms. The first-order chi connectivity index (χ1) is 13.0. The van der Waals surface area contributed by atoms with Crippen molar-refractivity contribution in [3.63, 3.8) is 0 Å². The Hall–Kier alpha value is -2.62. The number of nitrogens with zero attached hydrogens (tertiary/aromatic N) is 1. The van der Waals surface area contributed by atoms with Gasteiger partial charge in [0.05, 0.1) is 18.5 Å².